The third kappa shape index (κ3) is 1.71. The molecule has 0 aliphatic heterocycles. The average molecular weight is 256 g/mol. The van der Waals surface area contributed by atoms with Gasteiger partial charge in [-0.1, -0.05) is 24.3 Å². The van der Waals surface area contributed by atoms with E-state index in [0.29, 0.717) is 10.9 Å². The van der Waals surface area contributed by atoms with Crippen molar-refractivity contribution in [2.75, 3.05) is 7.11 Å². The molecule has 18 heavy (non-hydrogen) atoms. The smallest absolute Gasteiger partial charge is 0.294 e. The van der Waals surface area contributed by atoms with E-state index in [1.54, 1.807) is 23.8 Å². The number of aromatic nitrogens is 3. The zero-order valence-electron chi connectivity index (χ0n) is 9.49. The van der Waals surface area contributed by atoms with Crippen LogP contribution in [0, 0.1) is 6.57 Å². The van der Waals surface area contributed by atoms with E-state index in [1.807, 2.05) is 18.3 Å². The van der Waals surface area contributed by atoms with Crippen molar-refractivity contribution < 1.29 is 4.74 Å². The molecule has 1 aromatic carbocycles. The van der Waals surface area contributed by atoms with Crippen LogP contribution in [0.5, 0.6) is 5.19 Å². The van der Waals surface area contributed by atoms with E-state index >= 15 is 0 Å². The summed E-state index contributed by atoms with van der Waals surface area (Å²) in [5.74, 6) is 0. The first kappa shape index (κ1) is 10.7. The van der Waals surface area contributed by atoms with Crippen LogP contribution in [0.15, 0.2) is 30.5 Å². The van der Waals surface area contributed by atoms with E-state index in [9.17, 15) is 0 Å². The second-order valence-electron chi connectivity index (χ2n) is 3.58. The number of rotatable bonds is 2. The van der Waals surface area contributed by atoms with Gasteiger partial charge in [0.25, 0.3) is 5.19 Å². The fraction of sp³-hybridized carbons (Fsp3) is 0.0833. The predicted octanol–water partition coefficient (Wildman–Crippen LogP) is 3.02. The molecule has 0 fully saturated rings. The molecular weight excluding hydrogens is 248 g/mol. The highest BCUT2D eigenvalue weighted by molar-refractivity contribution is 7.18. The fourth-order valence-electron chi connectivity index (χ4n) is 1.61. The molecule has 0 spiro atoms. The Morgan fingerprint density at radius 2 is 2.11 bits per heavy atom. The molecule has 0 radical (unpaired) electrons. The van der Waals surface area contributed by atoms with Crippen LogP contribution in [0.4, 0.5) is 5.69 Å². The minimum absolute atomic E-state index is 0.590. The average Bonchev–Trinajstić information content (AvgIpc) is 2.96. The quantitative estimate of drug-likeness (QED) is 0.662. The third-order valence-electron chi connectivity index (χ3n) is 2.49. The second-order valence-corrected chi connectivity index (χ2v) is 4.50. The molecule has 0 saturated carbocycles. The topological polar surface area (TPSA) is 43.8 Å². The van der Waals surface area contributed by atoms with Gasteiger partial charge < -0.3 is 4.74 Å². The number of hydrogen-bond donors (Lipinski definition) is 0. The van der Waals surface area contributed by atoms with Gasteiger partial charge >= 0.3 is 0 Å². The molecule has 0 atom stereocenters. The lowest BCUT2D eigenvalue weighted by Gasteiger charge is -1.95. The number of nitrogens with zero attached hydrogens (tertiary/aromatic N) is 4. The molecule has 0 saturated heterocycles. The van der Waals surface area contributed by atoms with Gasteiger partial charge in [-0.3, -0.25) is 0 Å². The molecule has 3 rings (SSSR count). The van der Waals surface area contributed by atoms with Crippen LogP contribution in [-0.2, 0) is 0 Å². The highest BCUT2D eigenvalue weighted by Crippen LogP contribution is 2.26. The maximum Gasteiger partial charge on any atom is 0.294 e. The monoisotopic (exact) mass is 256 g/mol. The molecule has 0 N–H and O–H groups in total. The lowest BCUT2D eigenvalue weighted by atomic mass is 10.1. The van der Waals surface area contributed by atoms with Crippen molar-refractivity contribution >= 4 is 22.0 Å². The summed E-state index contributed by atoms with van der Waals surface area (Å²) in [5.41, 5.74) is 2.44. The molecule has 3 aromatic rings. The van der Waals surface area contributed by atoms with Crippen molar-refractivity contribution in [2.24, 2.45) is 0 Å². The van der Waals surface area contributed by atoms with Crippen LogP contribution in [0.25, 0.3) is 21.1 Å². The summed E-state index contributed by atoms with van der Waals surface area (Å²) >= 11 is 1.39. The highest BCUT2D eigenvalue weighted by Gasteiger charge is 2.09. The van der Waals surface area contributed by atoms with Crippen molar-refractivity contribution in [2.45, 2.75) is 0 Å². The molecule has 2 aromatic heterocycles. The van der Waals surface area contributed by atoms with Gasteiger partial charge in [0.2, 0.25) is 4.96 Å². The van der Waals surface area contributed by atoms with Crippen LogP contribution in [0.1, 0.15) is 0 Å². The number of benzene rings is 1. The van der Waals surface area contributed by atoms with Gasteiger partial charge in [0, 0.05) is 0 Å². The molecule has 0 amide bonds. The second kappa shape index (κ2) is 4.13. The lowest BCUT2D eigenvalue weighted by Crippen LogP contribution is -1.84. The lowest BCUT2D eigenvalue weighted by molar-refractivity contribution is 0.405. The van der Waals surface area contributed by atoms with Crippen molar-refractivity contribution in [1.29, 1.82) is 0 Å². The predicted molar refractivity (Wildman–Crippen MR) is 69.1 cm³/mol. The van der Waals surface area contributed by atoms with Crippen LogP contribution in [0.3, 0.4) is 0 Å². The first-order valence-corrected chi connectivity index (χ1v) is 6.00. The van der Waals surface area contributed by atoms with E-state index in [2.05, 4.69) is 14.9 Å². The Hall–Kier alpha value is -2.39. The molecule has 88 valence electrons. The van der Waals surface area contributed by atoms with Crippen molar-refractivity contribution in [3.63, 3.8) is 0 Å². The van der Waals surface area contributed by atoms with Crippen molar-refractivity contribution in [1.82, 2.24) is 14.6 Å². The van der Waals surface area contributed by atoms with Gasteiger partial charge in [-0.25, -0.2) is 14.3 Å². The normalized spacial score (nSPS) is 10.4. The summed E-state index contributed by atoms with van der Waals surface area (Å²) in [6.45, 7) is 6.91. The molecule has 6 heteroatoms. The molecule has 0 aliphatic rings. The third-order valence-corrected chi connectivity index (χ3v) is 3.38. The van der Waals surface area contributed by atoms with Crippen LogP contribution in [-0.4, -0.2) is 21.7 Å². The van der Waals surface area contributed by atoms with E-state index in [1.165, 1.54) is 11.3 Å². The summed E-state index contributed by atoms with van der Waals surface area (Å²) in [4.78, 5) is 8.61. The fourth-order valence-corrected chi connectivity index (χ4v) is 2.31. The summed E-state index contributed by atoms with van der Waals surface area (Å²) in [7, 11) is 1.59. The van der Waals surface area contributed by atoms with Crippen molar-refractivity contribution in [3.05, 3.63) is 41.9 Å². The van der Waals surface area contributed by atoms with Gasteiger partial charge in [-0.05, 0) is 16.9 Å². The summed E-state index contributed by atoms with van der Waals surface area (Å²) in [5, 5.41) is 4.80. The zero-order valence-corrected chi connectivity index (χ0v) is 10.3. The molecular formula is C12H8N4OS. The first-order valence-electron chi connectivity index (χ1n) is 5.18. The summed E-state index contributed by atoms with van der Waals surface area (Å²) in [6, 6.07) is 7.33. The number of fused-ring (bicyclic) bond motifs is 1. The SMILES string of the molecule is [C-]#[N+]c1ccc(-c2cn3nc(OC)sc3n2)cc1. The standard InChI is InChI=1S/C12H8N4OS/c1-13-9-5-3-8(4-6-9)10-7-16-11(14-10)18-12(15-16)17-2/h3-7H,2H3. The maximum atomic E-state index is 6.91. The Morgan fingerprint density at radius 1 is 1.33 bits per heavy atom. The molecule has 0 unspecified atom stereocenters. The Labute approximate surface area is 107 Å². The number of methoxy groups -OCH3 is 1. The molecule has 2 heterocycles. The first-order chi connectivity index (χ1) is 8.80. The number of ether oxygens (including phenoxy) is 1. The van der Waals surface area contributed by atoms with Crippen LogP contribution < -0.4 is 4.74 Å². The minimum atomic E-state index is 0.590. The van der Waals surface area contributed by atoms with E-state index in [0.717, 1.165) is 16.2 Å². The summed E-state index contributed by atoms with van der Waals surface area (Å²) < 4.78 is 6.74. The van der Waals surface area contributed by atoms with Crippen LogP contribution >= 0.6 is 11.3 Å². The number of imidazole rings is 1. The van der Waals surface area contributed by atoms with Crippen LogP contribution in [0.2, 0.25) is 0 Å². The van der Waals surface area contributed by atoms with Crippen molar-refractivity contribution in [3.8, 4) is 16.5 Å². The van der Waals surface area contributed by atoms with Gasteiger partial charge in [0.05, 0.1) is 25.6 Å². The molecule has 0 bridgehead atoms. The van der Waals surface area contributed by atoms with Gasteiger partial charge in [0.15, 0.2) is 5.69 Å². The van der Waals surface area contributed by atoms with Gasteiger partial charge in [-0.15, -0.1) is 5.10 Å². The largest absolute Gasteiger partial charge is 0.472 e. The Balaban J connectivity index is 2.02. The van der Waals surface area contributed by atoms with E-state index < -0.39 is 0 Å². The van der Waals surface area contributed by atoms with Gasteiger partial charge in [-0.2, -0.15) is 0 Å². The van der Waals surface area contributed by atoms with Gasteiger partial charge in [0.1, 0.15) is 0 Å². The zero-order chi connectivity index (χ0) is 12.5. The molecule has 5 nitrogen and oxygen atoms in total. The summed E-state index contributed by atoms with van der Waals surface area (Å²) in [6.07, 6.45) is 1.85. The van der Waals surface area contributed by atoms with E-state index in [4.69, 9.17) is 11.3 Å². The van der Waals surface area contributed by atoms with E-state index in [-0.39, 0.29) is 0 Å². The number of hydrogen-bond acceptors (Lipinski definition) is 4. The molecule has 0 aliphatic carbocycles. The Morgan fingerprint density at radius 3 is 2.72 bits per heavy atom. The Kier molecular flexibility index (Phi) is 2.46. The highest BCUT2D eigenvalue weighted by atomic mass is 32.1. The maximum absolute atomic E-state index is 6.91. The minimum Gasteiger partial charge on any atom is -0.472 e. The Bertz CT molecular complexity index is 704.